The van der Waals surface area contributed by atoms with E-state index in [9.17, 15) is 9.90 Å². The topological polar surface area (TPSA) is 174 Å². The van der Waals surface area contributed by atoms with Crippen LogP contribution >= 0.6 is 0 Å². The Morgan fingerprint density at radius 2 is 1.15 bits per heavy atom. The van der Waals surface area contributed by atoms with Gasteiger partial charge in [0.15, 0.2) is 24.2 Å². The number of aliphatic hydroxyl groups excluding tert-OH is 1. The van der Waals surface area contributed by atoms with Gasteiger partial charge in [0.2, 0.25) is 0 Å². The van der Waals surface area contributed by atoms with Crippen LogP contribution < -0.4 is 21.0 Å². The van der Waals surface area contributed by atoms with Crippen LogP contribution in [0.5, 0.6) is 5.75 Å². The van der Waals surface area contributed by atoms with Gasteiger partial charge < -0.3 is 28.9 Å². The number of carbonyl (C=O) groups excluding carboxylic acids is 1. The van der Waals surface area contributed by atoms with E-state index in [-0.39, 0.29) is 68.6 Å². The number of hydrogen-bond donors (Lipinski definition) is 2. The maximum Gasteiger partial charge on any atom is 0.359 e. The van der Waals surface area contributed by atoms with Gasteiger partial charge in [-0.15, -0.1) is 5.11 Å². The summed E-state index contributed by atoms with van der Waals surface area (Å²) in [7, 11) is 0. The average Bonchev–Trinajstić information content (AvgIpc) is 1.59. The van der Waals surface area contributed by atoms with Gasteiger partial charge in [-0.25, -0.2) is 15.0 Å². The number of azo groups is 1. The Kier molecular flexibility index (Phi) is 29.6. The number of hydrogen-bond acceptors (Lipinski definition) is 14. The highest BCUT2D eigenvalue weighted by molar-refractivity contribution is 6.68. The van der Waals surface area contributed by atoms with Crippen molar-refractivity contribution in [3.8, 4) is 5.75 Å². The molecule has 0 atom stereocenters. The minimum Gasteiger partial charge on any atom is -0.561 e. The van der Waals surface area contributed by atoms with E-state index in [0.29, 0.717) is 37.8 Å². The van der Waals surface area contributed by atoms with Crippen molar-refractivity contribution in [2.75, 3.05) is 13.2 Å². The lowest BCUT2D eigenvalue weighted by Crippen LogP contribution is -2.45. The highest BCUT2D eigenvalue weighted by atomic mass is 16.4. The van der Waals surface area contributed by atoms with Crippen LogP contribution in [0.4, 0.5) is 0 Å². The number of allylic oxidation sites excluding steroid dienone is 3. The van der Waals surface area contributed by atoms with Gasteiger partial charge in [-0.1, -0.05) is 220 Å². The van der Waals surface area contributed by atoms with Crippen LogP contribution in [-0.4, -0.2) is 81.7 Å². The van der Waals surface area contributed by atoms with Crippen LogP contribution in [0, 0.1) is 16.2 Å². The molecule has 0 spiro atoms. The second kappa shape index (κ2) is 34.6. The van der Waals surface area contributed by atoms with E-state index < -0.39 is 0 Å². The summed E-state index contributed by atoms with van der Waals surface area (Å²) in [4.78, 5) is 23.6. The second-order valence-corrected chi connectivity index (χ2v) is 35.5. The number of nitrogens with zero attached hydrogens (tertiary/aromatic N) is 8. The fourth-order valence-corrected chi connectivity index (χ4v) is 10.7. The zero-order valence-electron chi connectivity index (χ0n) is 66.3. The third kappa shape index (κ3) is 27.1. The molecule has 536 valence electrons. The van der Waals surface area contributed by atoms with Crippen LogP contribution in [-0.2, 0) is 60.8 Å². The molecule has 3 aromatic carbocycles. The summed E-state index contributed by atoms with van der Waals surface area (Å²) in [5, 5.41) is 23.3. The third-order valence-corrected chi connectivity index (χ3v) is 16.9. The van der Waals surface area contributed by atoms with Gasteiger partial charge in [-0.3, -0.25) is 14.5 Å². The van der Waals surface area contributed by atoms with Crippen LogP contribution in [0.2, 0.25) is 20.5 Å². The Labute approximate surface area is 594 Å². The van der Waals surface area contributed by atoms with Crippen molar-refractivity contribution in [1.82, 2.24) is 25.2 Å². The molecule has 1 aliphatic carbocycles. The van der Waals surface area contributed by atoms with Gasteiger partial charge in [-0.2, -0.15) is 10.2 Å². The zero-order chi connectivity index (χ0) is 74.2. The molecule has 0 saturated heterocycles. The molecule has 0 amide bonds. The quantitative estimate of drug-likeness (QED) is 0.142. The van der Waals surface area contributed by atoms with E-state index in [1.165, 1.54) is 50.0 Å². The van der Waals surface area contributed by atoms with E-state index >= 15 is 0 Å². The molecule has 5 aromatic rings. The molecule has 0 unspecified atom stereocenters. The summed E-state index contributed by atoms with van der Waals surface area (Å²) < 4.78 is 23.9. The third-order valence-electron chi connectivity index (χ3n) is 16.9. The molecule has 0 fully saturated rings. The number of hydrazine groups is 1. The van der Waals surface area contributed by atoms with E-state index in [0.717, 1.165) is 50.0 Å². The number of benzene rings is 3. The second-order valence-electron chi connectivity index (χ2n) is 35.5. The normalized spacial score (nSPS) is 16.3. The van der Waals surface area contributed by atoms with Crippen molar-refractivity contribution in [1.29, 1.82) is 0 Å². The number of rotatable bonds is 0. The lowest BCUT2D eigenvalue weighted by Gasteiger charge is -2.31. The summed E-state index contributed by atoms with van der Waals surface area (Å²) >= 11 is 0. The number of fused-ring (bicyclic) bond motifs is 3. The van der Waals surface area contributed by atoms with Crippen LogP contribution in [0.25, 0.3) is 0 Å². The van der Waals surface area contributed by atoms with Crippen molar-refractivity contribution in [2.45, 2.75) is 279 Å². The van der Waals surface area contributed by atoms with Gasteiger partial charge in [0.1, 0.15) is 12.0 Å². The van der Waals surface area contributed by atoms with Crippen LogP contribution in [0.15, 0.2) is 146 Å². The Balaban J connectivity index is 0.000000236. The van der Waals surface area contributed by atoms with Crippen molar-refractivity contribution in [2.24, 2.45) is 36.5 Å². The van der Waals surface area contributed by atoms with Crippen LogP contribution in [0.1, 0.15) is 245 Å². The first-order valence-corrected chi connectivity index (χ1v) is 35.4. The number of ketones is 1. The number of Topliss-reactive ketones (excluding diaryl/α,β-unsaturated/α-hetero) is 1. The highest BCUT2D eigenvalue weighted by Crippen LogP contribution is 2.36. The van der Waals surface area contributed by atoms with Crippen LogP contribution in [0.3, 0.4) is 0 Å². The zero-order valence-corrected chi connectivity index (χ0v) is 66.3. The molecule has 18 heteroatoms. The first-order chi connectivity index (χ1) is 44.9. The predicted molar refractivity (Wildman–Crippen MR) is 415 cm³/mol. The largest absolute Gasteiger partial charge is 0.561 e. The predicted octanol–water partition coefficient (Wildman–Crippen LogP) is 18.9. The van der Waals surface area contributed by atoms with Gasteiger partial charge in [0, 0.05) is 83.7 Å². The van der Waals surface area contributed by atoms with E-state index in [4.69, 9.17) is 18.4 Å². The fraction of sp³-hybridized carbons (Fsp3) is 0.588. The maximum absolute atomic E-state index is 11.2. The molecule has 15 nitrogen and oxygen atoms in total. The van der Waals surface area contributed by atoms with E-state index in [2.05, 4.69) is 294 Å². The molecule has 6 aliphatic heterocycles. The number of amidine groups is 1. The Morgan fingerprint density at radius 3 is 1.53 bits per heavy atom. The molecule has 2 N–H and O–H groups in total. The minimum absolute atomic E-state index is 0.0451. The smallest absolute Gasteiger partial charge is 0.359 e. The monoisotopic (exact) mass is 1340 g/mol. The molecule has 0 bridgehead atoms. The highest BCUT2D eigenvalue weighted by Gasteiger charge is 2.33. The number of aliphatic hydroxyl groups is 1. The van der Waals surface area contributed by atoms with Gasteiger partial charge >= 0.3 is 20.7 Å². The summed E-state index contributed by atoms with van der Waals surface area (Å²) in [6, 6.07) is 22.0. The van der Waals surface area contributed by atoms with E-state index in [1.54, 1.807) is 18.7 Å². The number of carbonyl (C=O) groups is 1. The average molecular weight is 1340 g/mol. The summed E-state index contributed by atoms with van der Waals surface area (Å²) in [5.74, 6) is 3.15. The van der Waals surface area contributed by atoms with Gasteiger partial charge in [-0.05, 0) is 133 Å². The lowest BCUT2D eigenvalue weighted by atomic mass is 9.63. The molecular weight excluding hydrogens is 1220 g/mol. The molecule has 7 aliphatic rings. The standard InChI is InChI=1S/3C12H17BO.C9H14O2.C8H13N.C7H14N2.C7H12N2.C7H11NO.C6H11N3/c1-12(2,3)10-5-6-11-9(7-10)8-14-13(11)4;1-12(2,3)10-6-5-9-8-14-13(4)11(9)7-10;1-12(2,3)10-6-5-9-8-13(4)14-11(9)7-10;1-9(2,3)8-6(10)4-5-7(8)11;1-8(2,3)7-5-4-6-9-7;2*1-7(2,3)9-6-4-5-8-9;1-7(2,3)6-8-4-5-9-6;1-6(2,3)5-7-4-8-9-5/h3*5-7H,8H2,1-4H3;10H,4-5H2,1-3H3;4,6H,5H2,1-3H3;4-5,8H,6H2,1-3H3;4-6H,1-3H3;4-5H,1-3H3;4H2,1-3H3. The van der Waals surface area contributed by atoms with Crippen molar-refractivity contribution >= 4 is 49.0 Å². The molecule has 98 heavy (non-hydrogen) atoms. The summed E-state index contributed by atoms with van der Waals surface area (Å²) in [6.07, 6.45) is 18.2. The Morgan fingerprint density at radius 1 is 0.582 bits per heavy atom. The first-order valence-electron chi connectivity index (χ1n) is 35.4. The molecule has 8 heterocycles. The van der Waals surface area contributed by atoms with Gasteiger partial charge in [0.25, 0.3) is 0 Å². The number of oxazole rings is 1. The number of aromatic nitrogens is 3. The molecule has 0 radical (unpaired) electrons. The molecule has 12 rings (SSSR count). The molecule has 0 saturated carbocycles. The van der Waals surface area contributed by atoms with E-state index in [1.807, 2.05) is 50.1 Å². The lowest BCUT2D eigenvalue weighted by molar-refractivity contribution is -0.115. The van der Waals surface area contributed by atoms with Crippen molar-refractivity contribution < 1.29 is 28.3 Å². The Hall–Kier alpha value is -6.62. The first kappa shape index (κ1) is 83.8. The molecule has 2 aromatic heterocycles. The Bertz CT molecular complexity index is 3470. The summed E-state index contributed by atoms with van der Waals surface area (Å²) in [6.45, 7) is 68.3. The van der Waals surface area contributed by atoms with Crippen molar-refractivity contribution in [3.05, 3.63) is 161 Å². The minimum atomic E-state index is -0.197. The SMILES string of the molecule is CB1Cc2ccc(C(C)(C)C)cc2O1.CB1OCc2cc(C(C)(C)C)ccc21.CB1OCc2ccc(C(C)(C)C)cc21.CC(C)(C)C1=C(O)CCC1=O.CC(C)(C)C1=NC=CC1.CC(C)(C)C1=NCN=N1.CC(C)(C)N1CC=CN1.CC(C)(C)c1ncco1.CC(C)(C)n1cccn1. The fourth-order valence-electron chi connectivity index (χ4n) is 10.7. The number of aliphatic imine (C=N–C) groups is 2. The molecular formula is C80H126B3N9O6. The number of nitrogens with one attached hydrogen (secondary N) is 1. The van der Waals surface area contributed by atoms with Crippen molar-refractivity contribution in [3.63, 3.8) is 0 Å². The van der Waals surface area contributed by atoms with Gasteiger partial charge in [0.05, 0.1) is 30.7 Å². The maximum atomic E-state index is 11.2. The summed E-state index contributed by atoms with van der Waals surface area (Å²) in [5.41, 5.74) is 17.3.